The quantitative estimate of drug-likeness (QED) is 0.384. The van der Waals surface area contributed by atoms with Gasteiger partial charge in [-0.3, -0.25) is 14.3 Å². The highest BCUT2D eigenvalue weighted by molar-refractivity contribution is 6.56. The lowest BCUT2D eigenvalue weighted by Crippen LogP contribution is -2.40. The van der Waals surface area contributed by atoms with Gasteiger partial charge in [0.25, 0.3) is 5.91 Å². The predicted octanol–water partition coefficient (Wildman–Crippen LogP) is -2.02. The van der Waals surface area contributed by atoms with Gasteiger partial charge in [0.15, 0.2) is 5.65 Å². The van der Waals surface area contributed by atoms with Crippen molar-refractivity contribution in [3.63, 3.8) is 0 Å². The van der Waals surface area contributed by atoms with Crippen LogP contribution in [-0.2, 0) is 23.1 Å². The summed E-state index contributed by atoms with van der Waals surface area (Å²) in [6.07, 6.45) is 1.65. The molecule has 0 bridgehead atoms. The maximum absolute atomic E-state index is 12.6. The highest BCUT2D eigenvalue weighted by Gasteiger charge is 2.21. The molecule has 0 saturated carbocycles. The number of aromatic nitrogens is 5. The number of rotatable bonds is 9. The summed E-state index contributed by atoms with van der Waals surface area (Å²) >= 11 is 0. The van der Waals surface area contributed by atoms with Crippen LogP contribution in [0.2, 0.25) is 0 Å². The SMILES string of the molecule is BC(B)(B)n1nccc1C(=O)NCc1cn2ncc(CNC(=O)CCC(F)F)cc2n1. The van der Waals surface area contributed by atoms with Crippen LogP contribution in [0.15, 0.2) is 30.7 Å². The van der Waals surface area contributed by atoms with Crippen LogP contribution >= 0.6 is 0 Å². The molecule has 0 unspecified atom stereocenters. The predicted molar refractivity (Wildman–Crippen MR) is 117 cm³/mol. The third-order valence-electron chi connectivity index (χ3n) is 4.45. The van der Waals surface area contributed by atoms with E-state index in [1.54, 1.807) is 39.9 Å². The molecular weight excluding hydrogens is 405 g/mol. The molecule has 9 nitrogen and oxygen atoms in total. The Morgan fingerprint density at radius 1 is 1.16 bits per heavy atom. The number of hydrogen-bond donors (Lipinski definition) is 2. The maximum atomic E-state index is 12.6. The zero-order valence-corrected chi connectivity index (χ0v) is 17.6. The molecule has 3 aromatic rings. The lowest BCUT2D eigenvalue weighted by atomic mass is 9.49. The fourth-order valence-electron chi connectivity index (χ4n) is 2.95. The number of alkyl halides is 2. The number of nitrogens with zero attached hydrogens (tertiary/aromatic N) is 5. The average Bonchev–Trinajstić information content (AvgIpc) is 3.35. The van der Waals surface area contributed by atoms with Gasteiger partial charge in [-0.25, -0.2) is 18.3 Å². The summed E-state index contributed by atoms with van der Waals surface area (Å²) in [6, 6.07) is 3.40. The Labute approximate surface area is 180 Å². The van der Waals surface area contributed by atoms with E-state index in [1.165, 1.54) is 0 Å². The summed E-state index contributed by atoms with van der Waals surface area (Å²) in [4.78, 5) is 28.6. The second kappa shape index (κ2) is 9.31. The third kappa shape index (κ3) is 5.92. The minimum Gasteiger partial charge on any atom is -0.352 e. The highest BCUT2D eigenvalue weighted by atomic mass is 19.3. The topological polar surface area (TPSA) is 106 Å². The molecule has 3 heterocycles. The van der Waals surface area contributed by atoms with Crippen molar-refractivity contribution < 1.29 is 18.4 Å². The summed E-state index contributed by atoms with van der Waals surface area (Å²) in [6.45, 7) is 0.374. The molecule has 2 amide bonds. The van der Waals surface area contributed by atoms with Crippen LogP contribution < -0.4 is 10.6 Å². The summed E-state index contributed by atoms with van der Waals surface area (Å²) in [7, 11) is 5.89. The van der Waals surface area contributed by atoms with Crippen LogP contribution in [0.1, 0.15) is 34.6 Å². The Balaban J connectivity index is 1.60. The summed E-state index contributed by atoms with van der Waals surface area (Å²) in [5.74, 6) is -0.703. The van der Waals surface area contributed by atoms with Crippen molar-refractivity contribution in [3.05, 3.63) is 47.7 Å². The molecule has 14 heteroatoms. The van der Waals surface area contributed by atoms with Crippen molar-refractivity contribution in [2.45, 2.75) is 37.6 Å². The van der Waals surface area contributed by atoms with E-state index < -0.39 is 18.8 Å². The molecule has 0 aliphatic carbocycles. The van der Waals surface area contributed by atoms with Crippen molar-refractivity contribution in [2.24, 2.45) is 0 Å². The summed E-state index contributed by atoms with van der Waals surface area (Å²) < 4.78 is 27.6. The Hall–Kier alpha value is -3.18. The van der Waals surface area contributed by atoms with Crippen LogP contribution in [0.4, 0.5) is 8.78 Å². The third-order valence-corrected chi connectivity index (χ3v) is 4.45. The second-order valence-electron chi connectivity index (χ2n) is 8.09. The van der Waals surface area contributed by atoms with Crippen molar-refractivity contribution in [3.8, 4) is 0 Å². The van der Waals surface area contributed by atoms with Crippen LogP contribution in [0.25, 0.3) is 5.65 Å². The van der Waals surface area contributed by atoms with E-state index in [2.05, 4.69) is 25.8 Å². The highest BCUT2D eigenvalue weighted by Crippen LogP contribution is 2.09. The van der Waals surface area contributed by atoms with E-state index in [1.807, 2.05) is 23.5 Å². The van der Waals surface area contributed by atoms with Gasteiger partial charge >= 0.3 is 0 Å². The van der Waals surface area contributed by atoms with Crippen molar-refractivity contribution in [1.29, 1.82) is 0 Å². The molecule has 0 aliphatic heterocycles. The van der Waals surface area contributed by atoms with Crippen molar-refractivity contribution >= 4 is 41.0 Å². The van der Waals surface area contributed by atoms with E-state index in [0.29, 0.717) is 22.6 Å². The van der Waals surface area contributed by atoms with Gasteiger partial charge in [0, 0.05) is 25.6 Å². The average molecular weight is 427 g/mol. The number of halogens is 2. The smallest absolute Gasteiger partial charge is 0.269 e. The zero-order valence-electron chi connectivity index (χ0n) is 17.6. The first-order chi connectivity index (χ1) is 14.6. The molecule has 2 N–H and O–H groups in total. The van der Waals surface area contributed by atoms with Gasteiger partial charge in [-0.2, -0.15) is 10.2 Å². The molecule has 0 aromatic carbocycles. The van der Waals surface area contributed by atoms with E-state index in [-0.39, 0.29) is 30.7 Å². The molecule has 31 heavy (non-hydrogen) atoms. The fraction of sp³-hybridized carbons (Fsp3) is 0.353. The molecule has 160 valence electrons. The number of amides is 2. The first kappa shape index (κ1) is 22.5. The normalized spacial score (nSPS) is 11.7. The lowest BCUT2D eigenvalue weighted by molar-refractivity contribution is -0.122. The Kier molecular flexibility index (Phi) is 6.76. The molecule has 3 aromatic heterocycles. The van der Waals surface area contributed by atoms with Gasteiger partial charge in [0.05, 0.1) is 24.6 Å². The van der Waals surface area contributed by atoms with E-state index in [9.17, 15) is 18.4 Å². The minimum atomic E-state index is -2.50. The summed E-state index contributed by atoms with van der Waals surface area (Å²) in [5.41, 5.74) is 2.30. The van der Waals surface area contributed by atoms with Crippen molar-refractivity contribution in [2.75, 3.05) is 0 Å². The number of imidazole rings is 1. The number of nitrogens with one attached hydrogen (secondary N) is 2. The van der Waals surface area contributed by atoms with Gasteiger partial charge in [0.1, 0.15) is 29.2 Å². The molecule has 0 radical (unpaired) electrons. The number of carbonyl (C=O) groups excluding carboxylic acids is 2. The van der Waals surface area contributed by atoms with Crippen LogP contribution in [0, 0.1) is 0 Å². The molecule has 0 fully saturated rings. The first-order valence-electron chi connectivity index (χ1n) is 9.84. The van der Waals surface area contributed by atoms with Gasteiger partial charge in [-0.1, -0.05) is 0 Å². The molecule has 0 atom stereocenters. The van der Waals surface area contributed by atoms with E-state index in [4.69, 9.17) is 0 Å². The van der Waals surface area contributed by atoms with E-state index in [0.717, 1.165) is 0 Å². The Bertz CT molecular complexity index is 1080. The number of carbonyl (C=O) groups is 2. The van der Waals surface area contributed by atoms with Gasteiger partial charge < -0.3 is 10.6 Å². The lowest BCUT2D eigenvalue weighted by Gasteiger charge is -2.22. The van der Waals surface area contributed by atoms with Crippen LogP contribution in [0.3, 0.4) is 0 Å². The number of fused-ring (bicyclic) bond motifs is 1. The Morgan fingerprint density at radius 2 is 1.94 bits per heavy atom. The minimum absolute atomic E-state index is 0.168. The summed E-state index contributed by atoms with van der Waals surface area (Å²) in [5, 5.41) is 13.5. The second-order valence-corrected chi connectivity index (χ2v) is 8.09. The molecule has 0 spiro atoms. The largest absolute Gasteiger partial charge is 0.352 e. The molecule has 0 saturated heterocycles. The maximum Gasteiger partial charge on any atom is 0.269 e. The molecular formula is C17H22B3F2N7O2. The standard InChI is InChI=1S/C17H22B3F2N7O2/c18-17(19,20)29-12(3-4-25-29)16(31)24-8-11-9-28-14(27-11)5-10(7-26-28)6-23-15(30)2-1-13(21)22/h3-5,7,9,13H,1-2,6,8,18-20H2,(H,23,30)(H,24,31). The van der Waals surface area contributed by atoms with Gasteiger partial charge in [0.2, 0.25) is 12.3 Å². The zero-order chi connectivity index (χ0) is 22.6. The van der Waals surface area contributed by atoms with Crippen molar-refractivity contribution in [1.82, 2.24) is 35.0 Å². The van der Waals surface area contributed by atoms with Crippen LogP contribution in [-0.4, -0.2) is 66.2 Å². The molecule has 3 rings (SSSR count). The van der Waals surface area contributed by atoms with Gasteiger partial charge in [-0.05, 0) is 22.9 Å². The van der Waals surface area contributed by atoms with Crippen LogP contribution in [0.5, 0.6) is 0 Å². The molecule has 0 aliphatic rings. The monoisotopic (exact) mass is 427 g/mol. The Morgan fingerprint density at radius 3 is 2.65 bits per heavy atom. The van der Waals surface area contributed by atoms with E-state index >= 15 is 0 Å². The van der Waals surface area contributed by atoms with Gasteiger partial charge in [-0.15, -0.1) is 0 Å². The first-order valence-corrected chi connectivity index (χ1v) is 9.84. The fourth-order valence-corrected chi connectivity index (χ4v) is 2.95. The number of hydrogen-bond acceptors (Lipinski definition) is 5.